The Labute approximate surface area is 123 Å². The van der Waals surface area contributed by atoms with Gasteiger partial charge in [-0.05, 0) is 37.2 Å². The number of sulfonamides is 1. The topological polar surface area (TPSA) is 92.9 Å². The minimum Gasteiger partial charge on any atom is -0.491 e. The summed E-state index contributed by atoms with van der Waals surface area (Å²) in [4.78, 5) is 1.84. The molecule has 0 spiro atoms. The molecule has 1 aliphatic rings. The van der Waals surface area contributed by atoms with Crippen LogP contribution in [0.5, 0.6) is 5.75 Å². The van der Waals surface area contributed by atoms with Gasteiger partial charge >= 0.3 is 0 Å². The van der Waals surface area contributed by atoms with Crippen LogP contribution in [-0.4, -0.2) is 56.0 Å². The van der Waals surface area contributed by atoms with Crippen molar-refractivity contribution in [2.75, 3.05) is 26.2 Å². The summed E-state index contributed by atoms with van der Waals surface area (Å²) in [6.45, 7) is 1.27. The molecule has 0 bridgehead atoms. The maximum atomic E-state index is 12.7. The van der Waals surface area contributed by atoms with E-state index in [0.29, 0.717) is 31.8 Å². The van der Waals surface area contributed by atoms with E-state index in [4.69, 9.17) is 9.88 Å². The molecule has 0 aliphatic carbocycles. The molecule has 3 N–H and O–H groups in total. The number of benzene rings is 1. The zero-order valence-corrected chi connectivity index (χ0v) is 12.3. The molecule has 6 nitrogen and oxygen atoms in total. The highest BCUT2D eigenvalue weighted by Crippen LogP contribution is 2.16. The number of hydrogen-bond acceptors (Lipinski definition) is 5. The van der Waals surface area contributed by atoms with Gasteiger partial charge in [0, 0.05) is 13.1 Å². The first-order chi connectivity index (χ1) is 9.84. The minimum absolute atomic E-state index is 0.0577. The maximum absolute atomic E-state index is 12.7. The van der Waals surface area contributed by atoms with Crippen LogP contribution in [0.3, 0.4) is 0 Å². The van der Waals surface area contributed by atoms with E-state index in [9.17, 15) is 17.9 Å². The molecule has 2 atom stereocenters. The monoisotopic (exact) mass is 318 g/mol. The van der Waals surface area contributed by atoms with Gasteiger partial charge in [0.15, 0.2) is 0 Å². The molecule has 2 unspecified atom stereocenters. The van der Waals surface area contributed by atoms with Crippen molar-refractivity contribution in [2.45, 2.75) is 17.8 Å². The summed E-state index contributed by atoms with van der Waals surface area (Å²) < 4.78 is 40.5. The van der Waals surface area contributed by atoms with Gasteiger partial charge in [0.05, 0.1) is 5.25 Å². The molecule has 118 valence electrons. The quantitative estimate of drug-likeness (QED) is 0.766. The zero-order valence-electron chi connectivity index (χ0n) is 11.5. The average molecular weight is 318 g/mol. The summed E-state index contributed by atoms with van der Waals surface area (Å²) in [7, 11) is -3.52. The first-order valence-corrected chi connectivity index (χ1v) is 8.26. The van der Waals surface area contributed by atoms with Crippen molar-refractivity contribution in [3.63, 3.8) is 0 Å². The molecule has 21 heavy (non-hydrogen) atoms. The third kappa shape index (κ3) is 4.92. The molecule has 1 fully saturated rings. The Morgan fingerprint density at radius 1 is 1.43 bits per heavy atom. The second-order valence-electron chi connectivity index (χ2n) is 5.18. The number of nitrogens with zero attached hydrogens (tertiary/aromatic N) is 1. The van der Waals surface area contributed by atoms with E-state index in [1.165, 1.54) is 24.3 Å². The fraction of sp³-hybridized carbons (Fsp3) is 0.538. The molecule has 1 aromatic rings. The standard InChI is InChI=1S/C13H19FN2O4S/c14-10-1-3-12(4-2-10)20-9-11(17)7-16-6-5-13(8-16)21(15,18)19/h1-4,11,13,17H,5-9H2,(H2,15,18,19). The molecule has 2 rings (SSSR count). The van der Waals surface area contributed by atoms with E-state index >= 15 is 0 Å². The van der Waals surface area contributed by atoms with Gasteiger partial charge in [-0.3, -0.25) is 4.90 Å². The maximum Gasteiger partial charge on any atom is 0.213 e. The van der Waals surface area contributed by atoms with Crippen molar-refractivity contribution in [3.8, 4) is 5.75 Å². The molecule has 0 amide bonds. The Morgan fingerprint density at radius 3 is 2.67 bits per heavy atom. The van der Waals surface area contributed by atoms with Crippen molar-refractivity contribution < 1.29 is 22.7 Å². The summed E-state index contributed by atoms with van der Waals surface area (Å²) in [5.41, 5.74) is 0. The highest BCUT2D eigenvalue weighted by atomic mass is 32.2. The Balaban J connectivity index is 1.75. The SMILES string of the molecule is NS(=O)(=O)C1CCN(CC(O)COc2ccc(F)cc2)C1. The van der Waals surface area contributed by atoms with Gasteiger partial charge < -0.3 is 9.84 Å². The molecule has 1 heterocycles. The highest BCUT2D eigenvalue weighted by molar-refractivity contribution is 7.89. The largest absolute Gasteiger partial charge is 0.491 e. The Hall–Kier alpha value is -1.22. The third-order valence-electron chi connectivity index (χ3n) is 3.42. The van der Waals surface area contributed by atoms with E-state index in [1.807, 2.05) is 4.90 Å². The van der Waals surface area contributed by atoms with Crippen molar-refractivity contribution >= 4 is 10.0 Å². The lowest BCUT2D eigenvalue weighted by molar-refractivity contribution is 0.0758. The van der Waals surface area contributed by atoms with Gasteiger partial charge in [0.2, 0.25) is 10.0 Å². The Bertz CT molecular complexity index is 564. The van der Waals surface area contributed by atoms with E-state index in [0.717, 1.165) is 0 Å². The molecule has 1 aliphatic heterocycles. The van der Waals surface area contributed by atoms with Crippen molar-refractivity contribution in [3.05, 3.63) is 30.1 Å². The van der Waals surface area contributed by atoms with Gasteiger partial charge in [-0.1, -0.05) is 0 Å². The molecule has 0 radical (unpaired) electrons. The van der Waals surface area contributed by atoms with Crippen LogP contribution in [0.4, 0.5) is 4.39 Å². The second kappa shape index (κ2) is 6.69. The summed E-state index contributed by atoms with van der Waals surface area (Å²) in [6, 6.07) is 5.52. The van der Waals surface area contributed by atoms with Crippen LogP contribution in [-0.2, 0) is 10.0 Å². The smallest absolute Gasteiger partial charge is 0.213 e. The van der Waals surface area contributed by atoms with Gasteiger partial charge in [0.1, 0.15) is 24.3 Å². The molecule has 0 saturated carbocycles. The van der Waals surface area contributed by atoms with Crippen LogP contribution in [0.25, 0.3) is 0 Å². The number of ether oxygens (including phenoxy) is 1. The number of primary sulfonamides is 1. The fourth-order valence-corrected chi connectivity index (χ4v) is 3.16. The van der Waals surface area contributed by atoms with Crippen molar-refractivity contribution in [2.24, 2.45) is 5.14 Å². The summed E-state index contributed by atoms with van der Waals surface area (Å²) >= 11 is 0. The van der Waals surface area contributed by atoms with E-state index in [-0.39, 0.29) is 12.4 Å². The average Bonchev–Trinajstić information content (AvgIpc) is 2.86. The summed E-state index contributed by atoms with van der Waals surface area (Å²) in [5.74, 6) is 0.119. The Kier molecular flexibility index (Phi) is 5.15. The second-order valence-corrected chi connectivity index (χ2v) is 7.02. The number of aliphatic hydroxyl groups excluding tert-OH is 1. The summed E-state index contributed by atoms with van der Waals surface area (Å²) in [6.07, 6.45) is -0.279. The number of nitrogens with two attached hydrogens (primary N) is 1. The Morgan fingerprint density at radius 2 is 2.10 bits per heavy atom. The number of β-amino-alcohol motifs (C(OH)–C–C–N with tert-alkyl or cyclic N) is 1. The molecule has 1 saturated heterocycles. The number of rotatable bonds is 6. The van der Waals surface area contributed by atoms with Crippen molar-refractivity contribution in [1.82, 2.24) is 4.90 Å². The van der Waals surface area contributed by atoms with Gasteiger partial charge in [-0.2, -0.15) is 0 Å². The van der Waals surface area contributed by atoms with Crippen molar-refractivity contribution in [1.29, 1.82) is 0 Å². The molecule has 0 aromatic heterocycles. The van der Waals surface area contributed by atoms with Gasteiger partial charge in [-0.25, -0.2) is 17.9 Å². The number of hydrogen-bond donors (Lipinski definition) is 2. The van der Waals surface area contributed by atoms with Gasteiger partial charge in [-0.15, -0.1) is 0 Å². The van der Waals surface area contributed by atoms with Crippen LogP contribution < -0.4 is 9.88 Å². The molecule has 8 heteroatoms. The van der Waals surface area contributed by atoms with E-state index in [1.54, 1.807) is 0 Å². The first kappa shape index (κ1) is 16.2. The van der Waals surface area contributed by atoms with E-state index < -0.39 is 21.4 Å². The fourth-order valence-electron chi connectivity index (χ4n) is 2.31. The molecular formula is C13H19FN2O4S. The lowest BCUT2D eigenvalue weighted by Crippen LogP contribution is -2.37. The van der Waals surface area contributed by atoms with Crippen LogP contribution in [0.2, 0.25) is 0 Å². The number of likely N-dealkylation sites (tertiary alicyclic amines) is 1. The van der Waals surface area contributed by atoms with E-state index in [2.05, 4.69) is 0 Å². The first-order valence-electron chi connectivity index (χ1n) is 6.65. The lowest BCUT2D eigenvalue weighted by atomic mass is 10.3. The zero-order chi connectivity index (χ0) is 15.5. The highest BCUT2D eigenvalue weighted by Gasteiger charge is 2.31. The van der Waals surface area contributed by atoms with Gasteiger partial charge in [0.25, 0.3) is 0 Å². The van der Waals surface area contributed by atoms with Crippen LogP contribution in [0, 0.1) is 5.82 Å². The summed E-state index contributed by atoms with van der Waals surface area (Å²) in [5, 5.41) is 14.4. The van der Waals surface area contributed by atoms with Crippen LogP contribution in [0.1, 0.15) is 6.42 Å². The predicted octanol–water partition coefficient (Wildman–Crippen LogP) is -0.0718. The third-order valence-corrected chi connectivity index (χ3v) is 4.73. The molecule has 1 aromatic carbocycles. The van der Waals surface area contributed by atoms with Crippen LogP contribution >= 0.6 is 0 Å². The lowest BCUT2D eigenvalue weighted by Gasteiger charge is -2.20. The normalized spacial score (nSPS) is 21.4. The minimum atomic E-state index is -3.52. The molecular weight excluding hydrogens is 299 g/mol. The number of aliphatic hydroxyl groups is 1. The number of halogens is 1. The predicted molar refractivity (Wildman–Crippen MR) is 75.9 cm³/mol. The van der Waals surface area contributed by atoms with Crippen LogP contribution in [0.15, 0.2) is 24.3 Å².